The van der Waals surface area contributed by atoms with E-state index in [1.807, 2.05) is 0 Å². The summed E-state index contributed by atoms with van der Waals surface area (Å²) in [4.78, 5) is 13.6. The molecule has 0 N–H and O–H groups in total. The number of thiophene rings is 1. The van der Waals surface area contributed by atoms with Crippen LogP contribution in [0.4, 0.5) is 5.82 Å². The third-order valence-corrected chi connectivity index (χ3v) is 5.24. The molecule has 0 amide bonds. The van der Waals surface area contributed by atoms with Gasteiger partial charge in [-0.25, -0.2) is 4.98 Å². The molecule has 2 aromatic rings. The van der Waals surface area contributed by atoms with Crippen molar-refractivity contribution in [3.05, 3.63) is 16.2 Å². The summed E-state index contributed by atoms with van der Waals surface area (Å²) in [5.74, 6) is 1.01. The van der Waals surface area contributed by atoms with Crippen LogP contribution in [-0.4, -0.2) is 22.1 Å². The summed E-state index contributed by atoms with van der Waals surface area (Å²) in [6.45, 7) is 7.76. The molecule has 3 heterocycles. The fourth-order valence-electron chi connectivity index (χ4n) is 2.81. The van der Waals surface area contributed by atoms with Crippen molar-refractivity contribution in [2.45, 2.75) is 45.6 Å². The van der Waals surface area contributed by atoms with E-state index in [2.05, 4.69) is 41.7 Å². The number of hydrogen-bond acceptors (Lipinski definition) is 4. The Morgan fingerprint density at radius 2 is 2.21 bits per heavy atom. The zero-order valence-electron chi connectivity index (χ0n) is 11.5. The van der Waals surface area contributed by atoms with Crippen LogP contribution in [0.2, 0.25) is 5.28 Å². The predicted octanol–water partition coefficient (Wildman–Crippen LogP) is 4.29. The molecule has 0 aromatic carbocycles. The Kier molecular flexibility index (Phi) is 3.18. The predicted molar refractivity (Wildman–Crippen MR) is 82.5 cm³/mol. The lowest BCUT2D eigenvalue weighted by Gasteiger charge is -2.33. The summed E-state index contributed by atoms with van der Waals surface area (Å²) in [5, 5.41) is 1.51. The van der Waals surface area contributed by atoms with E-state index in [0.717, 1.165) is 29.0 Å². The van der Waals surface area contributed by atoms with Crippen LogP contribution >= 0.6 is 22.9 Å². The van der Waals surface area contributed by atoms with Gasteiger partial charge >= 0.3 is 0 Å². The van der Waals surface area contributed by atoms with Crippen molar-refractivity contribution >= 4 is 39.0 Å². The van der Waals surface area contributed by atoms with Crippen molar-refractivity contribution in [3.8, 4) is 0 Å². The van der Waals surface area contributed by atoms with Crippen LogP contribution < -0.4 is 4.90 Å². The summed E-state index contributed by atoms with van der Waals surface area (Å²) in [6.07, 6.45) is 3.43. The second kappa shape index (κ2) is 4.60. The Labute approximate surface area is 122 Å². The fourth-order valence-corrected chi connectivity index (χ4v) is 3.99. The highest BCUT2D eigenvalue weighted by Crippen LogP contribution is 2.38. The van der Waals surface area contributed by atoms with Crippen molar-refractivity contribution in [3.63, 3.8) is 0 Å². The van der Waals surface area contributed by atoms with Crippen LogP contribution in [0, 0.1) is 0 Å². The van der Waals surface area contributed by atoms with E-state index in [1.54, 1.807) is 11.3 Å². The SMILES string of the molecule is CCc1cc2c(N3CCCC3(C)C)nc(Cl)nc2s1. The van der Waals surface area contributed by atoms with Crippen LogP contribution in [0.1, 0.15) is 38.5 Å². The number of hydrogen-bond donors (Lipinski definition) is 0. The highest BCUT2D eigenvalue weighted by Gasteiger charge is 2.34. The van der Waals surface area contributed by atoms with Crippen molar-refractivity contribution in [1.82, 2.24) is 9.97 Å². The third-order valence-electron chi connectivity index (χ3n) is 3.90. The molecule has 5 heteroatoms. The summed E-state index contributed by atoms with van der Waals surface area (Å²) >= 11 is 7.83. The normalized spacial score (nSPS) is 18.4. The van der Waals surface area contributed by atoms with Crippen LogP contribution in [0.25, 0.3) is 10.2 Å². The highest BCUT2D eigenvalue weighted by atomic mass is 35.5. The van der Waals surface area contributed by atoms with Crippen LogP contribution in [0.3, 0.4) is 0 Å². The molecular formula is C14H18ClN3S. The molecule has 0 radical (unpaired) electrons. The summed E-state index contributed by atoms with van der Waals surface area (Å²) in [5.41, 5.74) is 0.152. The van der Waals surface area contributed by atoms with Crippen LogP contribution in [0.5, 0.6) is 0 Å². The Hall–Kier alpha value is -0.870. The van der Waals surface area contributed by atoms with E-state index in [1.165, 1.54) is 17.7 Å². The van der Waals surface area contributed by atoms with E-state index < -0.39 is 0 Å². The smallest absolute Gasteiger partial charge is 0.225 e. The van der Waals surface area contributed by atoms with Gasteiger partial charge in [0.1, 0.15) is 10.6 Å². The first kappa shape index (κ1) is 13.1. The molecule has 1 saturated heterocycles. The second-order valence-corrected chi connectivity index (χ2v) is 7.12. The van der Waals surface area contributed by atoms with E-state index >= 15 is 0 Å². The zero-order chi connectivity index (χ0) is 13.6. The molecule has 1 fully saturated rings. The van der Waals surface area contributed by atoms with Gasteiger partial charge in [0.25, 0.3) is 0 Å². The fraction of sp³-hybridized carbons (Fsp3) is 0.571. The van der Waals surface area contributed by atoms with Crippen LogP contribution in [0.15, 0.2) is 6.07 Å². The van der Waals surface area contributed by atoms with Gasteiger partial charge in [0.15, 0.2) is 0 Å². The lowest BCUT2D eigenvalue weighted by molar-refractivity contribution is 0.515. The molecule has 102 valence electrons. The molecule has 19 heavy (non-hydrogen) atoms. The molecule has 0 saturated carbocycles. The quantitative estimate of drug-likeness (QED) is 0.774. The summed E-state index contributed by atoms with van der Waals surface area (Å²) < 4.78 is 0. The Balaban J connectivity index is 2.19. The van der Waals surface area contributed by atoms with Gasteiger partial charge in [-0.3, -0.25) is 0 Å². The van der Waals surface area contributed by atoms with Crippen molar-refractivity contribution < 1.29 is 0 Å². The van der Waals surface area contributed by atoms with Gasteiger partial charge < -0.3 is 4.90 Å². The topological polar surface area (TPSA) is 29.0 Å². The van der Waals surface area contributed by atoms with Crippen molar-refractivity contribution in [2.75, 3.05) is 11.4 Å². The zero-order valence-corrected chi connectivity index (χ0v) is 13.1. The Morgan fingerprint density at radius 3 is 2.84 bits per heavy atom. The Morgan fingerprint density at radius 1 is 1.42 bits per heavy atom. The summed E-state index contributed by atoms with van der Waals surface area (Å²) in [6, 6.07) is 2.22. The van der Waals surface area contributed by atoms with E-state index in [9.17, 15) is 0 Å². The first-order valence-corrected chi connectivity index (χ1v) is 7.94. The highest BCUT2D eigenvalue weighted by molar-refractivity contribution is 7.18. The molecule has 0 aliphatic carbocycles. The van der Waals surface area contributed by atoms with E-state index in [4.69, 9.17) is 11.6 Å². The maximum atomic E-state index is 6.11. The summed E-state index contributed by atoms with van der Waals surface area (Å²) in [7, 11) is 0. The third kappa shape index (κ3) is 2.21. The minimum atomic E-state index is 0.152. The molecule has 1 aliphatic rings. The molecule has 0 spiro atoms. The molecule has 3 rings (SSSR count). The standard InChI is InChI=1S/C14H18ClN3S/c1-4-9-8-10-11(16-13(15)17-12(10)19-9)18-7-5-6-14(18,2)3/h8H,4-7H2,1-3H3. The maximum Gasteiger partial charge on any atom is 0.225 e. The lowest BCUT2D eigenvalue weighted by atomic mass is 10.0. The number of aryl methyl sites for hydroxylation is 1. The van der Waals surface area contributed by atoms with Gasteiger partial charge in [-0.2, -0.15) is 4.98 Å². The number of fused-ring (bicyclic) bond motifs is 1. The second-order valence-electron chi connectivity index (χ2n) is 5.67. The van der Waals surface area contributed by atoms with Crippen LogP contribution in [-0.2, 0) is 6.42 Å². The van der Waals surface area contributed by atoms with Gasteiger partial charge in [-0.15, -0.1) is 11.3 Å². The largest absolute Gasteiger partial charge is 0.351 e. The first-order chi connectivity index (χ1) is 9.01. The molecule has 2 aromatic heterocycles. The van der Waals surface area contributed by atoms with Gasteiger partial charge in [0, 0.05) is 17.0 Å². The van der Waals surface area contributed by atoms with E-state index in [-0.39, 0.29) is 5.54 Å². The molecule has 0 atom stereocenters. The molecule has 0 unspecified atom stereocenters. The lowest BCUT2D eigenvalue weighted by Crippen LogP contribution is -2.38. The van der Waals surface area contributed by atoms with Gasteiger partial charge in [0.2, 0.25) is 5.28 Å². The first-order valence-electron chi connectivity index (χ1n) is 6.75. The van der Waals surface area contributed by atoms with Crippen molar-refractivity contribution in [1.29, 1.82) is 0 Å². The molecule has 3 nitrogen and oxygen atoms in total. The number of aromatic nitrogens is 2. The number of halogens is 1. The van der Waals surface area contributed by atoms with Crippen molar-refractivity contribution in [2.24, 2.45) is 0 Å². The number of nitrogens with zero attached hydrogens (tertiary/aromatic N) is 3. The van der Waals surface area contributed by atoms with Gasteiger partial charge in [0.05, 0.1) is 5.39 Å². The van der Waals surface area contributed by atoms with E-state index in [0.29, 0.717) is 5.28 Å². The number of anilines is 1. The maximum absolute atomic E-state index is 6.11. The monoisotopic (exact) mass is 295 g/mol. The van der Waals surface area contributed by atoms with Gasteiger partial charge in [-0.1, -0.05) is 6.92 Å². The number of rotatable bonds is 2. The molecule has 0 bridgehead atoms. The molecular weight excluding hydrogens is 278 g/mol. The minimum Gasteiger partial charge on any atom is -0.351 e. The van der Waals surface area contributed by atoms with Gasteiger partial charge in [-0.05, 0) is 50.8 Å². The average molecular weight is 296 g/mol. The average Bonchev–Trinajstić information content (AvgIpc) is 2.90. The molecule has 1 aliphatic heterocycles. The Bertz CT molecular complexity index is 620. The minimum absolute atomic E-state index is 0.152.